The molecule has 12 rings (SSSR count). The van der Waals surface area contributed by atoms with Crippen molar-refractivity contribution in [3.05, 3.63) is 92.2 Å². The molecule has 3 saturated heterocycles. The molecule has 0 saturated carbocycles. The van der Waals surface area contributed by atoms with Crippen LogP contribution in [0.1, 0.15) is 93.8 Å². The molecule has 11 heterocycles. The topological polar surface area (TPSA) is 208 Å². The summed E-state index contributed by atoms with van der Waals surface area (Å²) in [5.41, 5.74) is 6.41. The summed E-state index contributed by atoms with van der Waals surface area (Å²) in [7, 11) is 1.68. The predicted octanol–water partition coefficient (Wildman–Crippen LogP) is 4.07. The van der Waals surface area contributed by atoms with Crippen molar-refractivity contribution in [3.8, 4) is 16.9 Å². The van der Waals surface area contributed by atoms with Crippen LogP contribution in [-0.4, -0.2) is 127 Å². The van der Waals surface area contributed by atoms with Crippen molar-refractivity contribution in [3.63, 3.8) is 0 Å². The van der Waals surface area contributed by atoms with Crippen molar-refractivity contribution >= 4 is 68.9 Å². The number of nitrogens with one attached hydrogen (secondary N) is 2. The molecule has 1 unspecified atom stereocenters. The number of anilines is 5. The number of aliphatic hydroxyl groups excluding tert-OH is 1. The maximum absolute atomic E-state index is 14.0. The molecule has 7 aliphatic rings. The van der Waals surface area contributed by atoms with Crippen LogP contribution in [0.2, 0.25) is 0 Å². The Labute approximate surface area is 413 Å². The first kappa shape index (κ1) is 45.3. The molecule has 5 aromatic heterocycles. The molecule has 0 aromatic carbocycles. The molecule has 0 radical (unpaired) electrons. The second-order valence-corrected chi connectivity index (χ2v) is 21.8. The van der Waals surface area contributed by atoms with E-state index in [1.807, 2.05) is 24.4 Å². The molecule has 0 spiro atoms. The van der Waals surface area contributed by atoms with Crippen molar-refractivity contribution in [1.82, 2.24) is 34.2 Å². The molecule has 5 aromatic rings. The Bertz CT molecular complexity index is 3160. The van der Waals surface area contributed by atoms with Crippen LogP contribution in [0.4, 0.5) is 28.0 Å². The Balaban J connectivity index is 0.691. The lowest BCUT2D eigenvalue weighted by atomic mass is 9.90. The third-order valence-electron chi connectivity index (χ3n) is 15.7. The monoisotopic (exact) mass is 981 g/mol. The molecular formula is C51H55N11O8S. The first-order valence-corrected chi connectivity index (χ1v) is 25.3. The zero-order valence-corrected chi connectivity index (χ0v) is 40.9. The zero-order valence-electron chi connectivity index (χ0n) is 40.1. The number of ether oxygens (including phenoxy) is 1. The van der Waals surface area contributed by atoms with Crippen LogP contribution in [0.3, 0.4) is 0 Å². The van der Waals surface area contributed by atoms with E-state index in [0.717, 1.165) is 67.5 Å². The Hall–Kier alpha value is -6.90. The average Bonchev–Trinajstić information content (AvgIpc) is 4.07. The first-order chi connectivity index (χ1) is 34.2. The van der Waals surface area contributed by atoms with Gasteiger partial charge in [-0.3, -0.25) is 48.8 Å². The fourth-order valence-electron chi connectivity index (χ4n) is 12.2. The van der Waals surface area contributed by atoms with Crippen molar-refractivity contribution in [2.75, 3.05) is 59.3 Å². The fraction of sp³-hybridized carbons (Fsp3) is 0.451. The number of rotatable bonds is 8. The van der Waals surface area contributed by atoms with Crippen LogP contribution in [-0.2, 0) is 42.6 Å². The highest BCUT2D eigenvalue weighted by atomic mass is 32.1. The molecule has 5 amide bonds. The van der Waals surface area contributed by atoms with Crippen LogP contribution in [0.5, 0.6) is 5.75 Å². The third-order valence-corrected chi connectivity index (χ3v) is 16.9. The molecule has 71 heavy (non-hydrogen) atoms. The number of fused-ring (bicyclic) bond motifs is 8. The summed E-state index contributed by atoms with van der Waals surface area (Å²) in [6.07, 6.45) is 9.03. The van der Waals surface area contributed by atoms with Gasteiger partial charge in [-0.15, -0.1) is 11.3 Å². The number of thiophene rings is 1. The summed E-state index contributed by atoms with van der Waals surface area (Å²) < 4.78 is 9.94. The molecule has 4 atom stereocenters. The number of carbonyl (C=O) groups excluding carboxylic acids is 5. The maximum Gasteiger partial charge on any atom is 0.276 e. The van der Waals surface area contributed by atoms with Crippen LogP contribution in [0.15, 0.2) is 53.7 Å². The van der Waals surface area contributed by atoms with E-state index in [2.05, 4.69) is 55.7 Å². The van der Waals surface area contributed by atoms with Crippen LogP contribution in [0, 0.1) is 5.41 Å². The normalized spacial score (nSPS) is 23.8. The maximum atomic E-state index is 14.0. The Morgan fingerprint density at radius 1 is 0.930 bits per heavy atom. The van der Waals surface area contributed by atoms with Gasteiger partial charge < -0.3 is 34.1 Å². The molecular weight excluding hydrogens is 927 g/mol. The van der Waals surface area contributed by atoms with Gasteiger partial charge in [-0.1, -0.05) is 13.8 Å². The van der Waals surface area contributed by atoms with Crippen molar-refractivity contribution in [2.24, 2.45) is 12.5 Å². The number of piperidine rings is 2. The lowest BCUT2D eigenvalue weighted by Crippen LogP contribution is -2.59. The van der Waals surface area contributed by atoms with E-state index < -0.39 is 29.7 Å². The minimum absolute atomic E-state index is 0.0666. The van der Waals surface area contributed by atoms with E-state index in [4.69, 9.17) is 9.72 Å². The van der Waals surface area contributed by atoms with Gasteiger partial charge in [0.25, 0.3) is 23.3 Å². The van der Waals surface area contributed by atoms with E-state index in [-0.39, 0.29) is 58.9 Å². The number of hydrogen-bond acceptors (Lipinski definition) is 15. The van der Waals surface area contributed by atoms with Crippen molar-refractivity contribution in [2.45, 2.75) is 96.6 Å². The van der Waals surface area contributed by atoms with Gasteiger partial charge in [0, 0.05) is 94.0 Å². The minimum atomic E-state index is -1.02. The number of carbonyl (C=O) groups is 5. The summed E-state index contributed by atoms with van der Waals surface area (Å²) in [6.45, 7) is 11.1. The second kappa shape index (κ2) is 16.9. The average molecular weight is 982 g/mol. The lowest BCUT2D eigenvalue weighted by molar-refractivity contribution is -0.136. The summed E-state index contributed by atoms with van der Waals surface area (Å²) in [4.78, 5) is 98.6. The molecule has 6 aliphatic heterocycles. The lowest BCUT2D eigenvalue weighted by Gasteiger charge is -2.49. The number of pyridine rings is 3. The minimum Gasteiger partial charge on any atom is -0.487 e. The molecule has 1 aliphatic carbocycles. The van der Waals surface area contributed by atoms with E-state index in [1.165, 1.54) is 27.2 Å². The summed E-state index contributed by atoms with van der Waals surface area (Å²) in [5, 5.41) is 17.1. The number of piperazine rings is 1. The Morgan fingerprint density at radius 3 is 2.55 bits per heavy atom. The largest absolute Gasteiger partial charge is 0.487 e. The SMILES string of the molecule is C[C@H]1CN([C@@H]2CCN3c4sc5c(c4OC[C@H]3C2)C(=O)N(C2CCC(=O)NC2=O)C5=O)CCN1c1ccc(Nc2cc(-c3ccnc(N4CCn5c(cc6c5CC(C)(C)C6)C4=O)c3CO)cn(C)c2=O)nc1. The number of amides is 5. The van der Waals surface area contributed by atoms with Gasteiger partial charge in [-0.05, 0) is 85.9 Å². The number of imide groups is 2. The van der Waals surface area contributed by atoms with Crippen LogP contribution >= 0.6 is 11.3 Å². The van der Waals surface area contributed by atoms with Crippen molar-refractivity contribution in [1.29, 1.82) is 0 Å². The number of aryl methyl sites for hydroxylation is 1. The van der Waals surface area contributed by atoms with Crippen LogP contribution in [0.25, 0.3) is 11.1 Å². The Morgan fingerprint density at radius 2 is 1.77 bits per heavy atom. The smallest absolute Gasteiger partial charge is 0.276 e. The highest BCUT2D eigenvalue weighted by Gasteiger charge is 2.51. The van der Waals surface area contributed by atoms with Gasteiger partial charge in [-0.2, -0.15) is 0 Å². The Kier molecular flexibility index (Phi) is 10.8. The van der Waals surface area contributed by atoms with E-state index >= 15 is 0 Å². The van der Waals surface area contributed by atoms with Crippen molar-refractivity contribution < 1.29 is 33.8 Å². The molecule has 20 heteroatoms. The molecule has 19 nitrogen and oxygen atoms in total. The standard InChI is InChI=1S/C51H55N11O8S/c1-27-23-57(30-10-12-59-32(19-30)26-70-42-41-43(71-50(42)59)49(69)62(48(41)68)36-6-8-40(64)55-45(36)65)13-14-58(27)31-5-7-39(53-22-31)54-35-17-29(24-56(4)46(35)66)33-9-11-52-44(34(33)25-63)61-16-15-60-37(47(61)67)18-28-20-51(2,3)21-38(28)60/h5,7,9,11,17-18,22,24,27,30,32,36,63H,6,8,10,12-16,19-21,23,25-26H2,1-4H3,(H,53,54)(H,55,64,65)/t27-,30+,32+,36?/m0/s1. The summed E-state index contributed by atoms with van der Waals surface area (Å²) in [5.74, 6) is -0.894. The van der Waals surface area contributed by atoms with Crippen LogP contribution < -0.4 is 35.6 Å². The number of aromatic nitrogens is 4. The summed E-state index contributed by atoms with van der Waals surface area (Å²) in [6, 6.07) is 9.06. The molecule has 3 N–H and O–H groups in total. The molecule has 368 valence electrons. The summed E-state index contributed by atoms with van der Waals surface area (Å²) >= 11 is 1.26. The van der Waals surface area contributed by atoms with Gasteiger partial charge in [0.2, 0.25) is 11.8 Å². The quantitative estimate of drug-likeness (QED) is 0.188. The zero-order chi connectivity index (χ0) is 49.2. The predicted molar refractivity (Wildman–Crippen MR) is 265 cm³/mol. The van der Waals surface area contributed by atoms with E-state index in [9.17, 15) is 33.9 Å². The second-order valence-electron chi connectivity index (χ2n) is 20.8. The van der Waals surface area contributed by atoms with E-state index in [0.29, 0.717) is 71.2 Å². The molecule has 0 bridgehead atoms. The highest BCUT2D eigenvalue weighted by molar-refractivity contribution is 7.19. The van der Waals surface area contributed by atoms with E-state index in [1.54, 1.807) is 36.5 Å². The van der Waals surface area contributed by atoms with Gasteiger partial charge in [0.05, 0.1) is 24.5 Å². The third kappa shape index (κ3) is 7.43. The highest BCUT2D eigenvalue weighted by Crippen LogP contribution is 2.51. The number of nitrogens with zero attached hydrogens (tertiary/aromatic N) is 9. The molecule has 3 fully saturated rings. The fourth-order valence-corrected chi connectivity index (χ4v) is 13.5. The van der Waals surface area contributed by atoms with Gasteiger partial charge in [0.15, 0.2) is 5.75 Å². The first-order valence-electron chi connectivity index (χ1n) is 24.5. The van der Waals surface area contributed by atoms with Gasteiger partial charge in [-0.25, -0.2) is 9.97 Å². The van der Waals surface area contributed by atoms with Gasteiger partial charge in [0.1, 0.15) is 51.1 Å². The van der Waals surface area contributed by atoms with Gasteiger partial charge >= 0.3 is 0 Å². The number of hydrogen-bond donors (Lipinski definition) is 3. The number of aliphatic hydroxyl groups is 1.